The third kappa shape index (κ3) is 4.41. The topological polar surface area (TPSA) is 134 Å². The van der Waals surface area contributed by atoms with Crippen LogP contribution in [0.3, 0.4) is 0 Å². The molecule has 0 aliphatic carbocycles. The van der Waals surface area contributed by atoms with Gasteiger partial charge in [0, 0.05) is 24.7 Å². The Balaban J connectivity index is 1.80. The normalized spacial score (nSPS) is 18.1. The number of aromatic nitrogens is 5. The number of methoxy groups -OCH3 is 1. The van der Waals surface area contributed by atoms with Gasteiger partial charge in [-0.15, -0.1) is 4.80 Å². The number of rotatable bonds is 9. The van der Waals surface area contributed by atoms with E-state index in [0.717, 1.165) is 15.9 Å². The first-order valence-electron chi connectivity index (χ1n) is 12.6. The van der Waals surface area contributed by atoms with Crippen LogP contribution in [0.1, 0.15) is 30.6 Å². The van der Waals surface area contributed by atoms with E-state index in [-0.39, 0.29) is 37.5 Å². The number of carbonyl (C=O) groups is 1. The van der Waals surface area contributed by atoms with E-state index in [1.54, 1.807) is 20.9 Å². The molecule has 4 heterocycles. The number of fused-ring (bicyclic) bond motifs is 1. The van der Waals surface area contributed by atoms with Gasteiger partial charge in [-0.3, -0.25) is 14.2 Å². The van der Waals surface area contributed by atoms with Crippen molar-refractivity contribution in [3.63, 3.8) is 0 Å². The number of thiophene rings is 1. The Bertz CT molecular complexity index is 1700. The van der Waals surface area contributed by atoms with Gasteiger partial charge in [-0.2, -0.15) is 10.2 Å². The van der Waals surface area contributed by atoms with Crippen LogP contribution in [0.25, 0.3) is 15.2 Å². The Morgan fingerprint density at radius 3 is 2.58 bits per heavy atom. The number of likely N-dealkylation sites (N-methyl/N-ethyl adjacent to an activating group) is 1. The zero-order valence-corrected chi connectivity index (χ0v) is 23.3. The zero-order valence-electron chi connectivity index (χ0n) is 22.5. The molecule has 12 nitrogen and oxygen atoms in total. The fourth-order valence-corrected chi connectivity index (χ4v) is 6.43. The maximum atomic E-state index is 14.4. The van der Waals surface area contributed by atoms with E-state index in [2.05, 4.69) is 10.2 Å². The van der Waals surface area contributed by atoms with Crippen molar-refractivity contribution in [3.05, 3.63) is 68.4 Å². The fraction of sp³-hybridized carbons (Fsp3) is 0.423. The number of aliphatic hydroxyl groups is 1. The Kier molecular flexibility index (Phi) is 7.33. The quantitative estimate of drug-likeness (QED) is 0.320. The second-order valence-corrected chi connectivity index (χ2v) is 10.8. The highest BCUT2D eigenvalue weighted by Crippen LogP contribution is 2.35. The van der Waals surface area contributed by atoms with Crippen LogP contribution in [-0.4, -0.2) is 74.0 Å². The van der Waals surface area contributed by atoms with Crippen molar-refractivity contribution in [1.82, 2.24) is 29.0 Å². The summed E-state index contributed by atoms with van der Waals surface area (Å²) >= 11 is 1.14. The van der Waals surface area contributed by atoms with Crippen molar-refractivity contribution in [1.29, 1.82) is 0 Å². The molecule has 0 saturated carbocycles. The van der Waals surface area contributed by atoms with E-state index >= 15 is 0 Å². The predicted molar refractivity (Wildman–Crippen MR) is 145 cm³/mol. The second kappa shape index (κ2) is 10.6. The average Bonchev–Trinajstić information content (AvgIpc) is 3.64. The molecular weight excluding hydrogens is 543 g/mol. The van der Waals surface area contributed by atoms with Gasteiger partial charge in [0.15, 0.2) is 0 Å². The van der Waals surface area contributed by atoms with Crippen molar-refractivity contribution >= 4 is 27.5 Å². The molecular formula is C26H29FN6O6S. The number of aliphatic hydroxyl groups excluding tert-OH is 1. The SMILES string of the molecule is COc1ccc(F)cc1[C@H](Cn1c(=O)n([C@]2(C)CCN(C)C2=O)c(=O)c2c(C)c(-n3nccn3)sc21)OCCO. The predicted octanol–water partition coefficient (Wildman–Crippen LogP) is 1.59. The summed E-state index contributed by atoms with van der Waals surface area (Å²) in [5.41, 5.74) is -1.85. The van der Waals surface area contributed by atoms with Gasteiger partial charge in [-0.25, -0.2) is 13.8 Å². The molecule has 14 heteroatoms. The summed E-state index contributed by atoms with van der Waals surface area (Å²) in [7, 11) is 3.06. The molecule has 5 rings (SSSR count). The van der Waals surface area contributed by atoms with Crippen LogP contribution in [0.2, 0.25) is 0 Å². The van der Waals surface area contributed by atoms with Gasteiger partial charge in [0.05, 0.1) is 44.6 Å². The van der Waals surface area contributed by atoms with Gasteiger partial charge in [0.2, 0.25) is 5.91 Å². The standard InChI is InChI=1S/C26H29FN6O6S/c1-15-20-21(35)32(26(2)7-10-30(3)24(26)36)25(37)31(23(20)40-22(15)33-28-8-9-29-33)14-19(39-12-11-34)17-13-16(27)5-6-18(17)38-4/h5-6,8-9,13,19,34H,7,10-12,14H2,1-4H3/t19-,26+/m0/s1. The van der Waals surface area contributed by atoms with Crippen LogP contribution in [0.15, 0.2) is 40.2 Å². The molecule has 1 aliphatic heterocycles. The molecule has 1 aliphatic rings. The molecule has 0 unspecified atom stereocenters. The molecule has 212 valence electrons. The van der Waals surface area contributed by atoms with Crippen molar-refractivity contribution in [2.24, 2.45) is 0 Å². The van der Waals surface area contributed by atoms with Crippen molar-refractivity contribution in [2.45, 2.75) is 38.5 Å². The fourth-order valence-electron chi connectivity index (χ4n) is 5.21. The molecule has 0 bridgehead atoms. The van der Waals surface area contributed by atoms with E-state index < -0.39 is 28.7 Å². The molecule has 1 aromatic carbocycles. The Hall–Kier alpha value is -3.88. The molecule has 40 heavy (non-hydrogen) atoms. The first-order chi connectivity index (χ1) is 19.1. The number of carbonyl (C=O) groups excluding carboxylic acids is 1. The van der Waals surface area contributed by atoms with Crippen LogP contribution < -0.4 is 16.0 Å². The molecule has 1 saturated heterocycles. The summed E-state index contributed by atoms with van der Waals surface area (Å²) < 4.78 is 28.1. The number of likely N-dealkylation sites (tertiary alicyclic amines) is 1. The summed E-state index contributed by atoms with van der Waals surface area (Å²) in [6, 6.07) is 3.93. The number of amides is 1. The van der Waals surface area contributed by atoms with Crippen molar-refractivity contribution in [2.75, 3.05) is 33.9 Å². The van der Waals surface area contributed by atoms with Gasteiger partial charge >= 0.3 is 5.69 Å². The lowest BCUT2D eigenvalue weighted by Gasteiger charge is -2.27. The minimum absolute atomic E-state index is 0.102. The molecule has 1 N–H and O–H groups in total. The van der Waals surface area contributed by atoms with Crippen LogP contribution in [0, 0.1) is 12.7 Å². The monoisotopic (exact) mass is 572 g/mol. The number of nitrogens with zero attached hydrogens (tertiary/aromatic N) is 6. The zero-order chi connectivity index (χ0) is 28.8. The third-order valence-electron chi connectivity index (χ3n) is 7.32. The number of hydrogen-bond donors (Lipinski definition) is 1. The lowest BCUT2D eigenvalue weighted by atomic mass is 10.00. The largest absolute Gasteiger partial charge is 0.496 e. The first kappa shape index (κ1) is 27.7. The van der Waals surface area contributed by atoms with Crippen LogP contribution >= 0.6 is 11.3 Å². The number of ether oxygens (including phenoxy) is 2. The maximum absolute atomic E-state index is 14.4. The van der Waals surface area contributed by atoms with E-state index in [1.807, 2.05) is 0 Å². The van der Waals surface area contributed by atoms with Crippen molar-refractivity contribution < 1.29 is 23.8 Å². The summed E-state index contributed by atoms with van der Waals surface area (Å²) in [6.07, 6.45) is 2.31. The molecule has 1 fully saturated rings. The van der Waals surface area contributed by atoms with Crippen molar-refractivity contribution in [3.8, 4) is 10.8 Å². The minimum Gasteiger partial charge on any atom is -0.496 e. The van der Waals surface area contributed by atoms with Gasteiger partial charge in [0.1, 0.15) is 33.0 Å². The van der Waals surface area contributed by atoms with Crippen LogP contribution in [0.4, 0.5) is 4.39 Å². The lowest BCUT2D eigenvalue weighted by molar-refractivity contribution is -0.133. The number of aryl methyl sites for hydroxylation is 1. The van der Waals surface area contributed by atoms with Gasteiger partial charge in [-0.05, 0) is 38.5 Å². The number of benzene rings is 1. The highest BCUT2D eigenvalue weighted by atomic mass is 32.1. The summed E-state index contributed by atoms with van der Waals surface area (Å²) in [5, 5.41) is 18.6. The molecule has 3 aromatic heterocycles. The van der Waals surface area contributed by atoms with E-state index in [1.165, 1.54) is 52.0 Å². The number of hydrogen-bond acceptors (Lipinski definition) is 9. The summed E-state index contributed by atoms with van der Waals surface area (Å²) in [6.45, 7) is 3.12. The Morgan fingerprint density at radius 1 is 1.23 bits per heavy atom. The molecule has 1 amide bonds. The number of halogens is 1. The molecule has 0 radical (unpaired) electrons. The van der Waals surface area contributed by atoms with E-state index in [4.69, 9.17) is 9.47 Å². The highest BCUT2D eigenvalue weighted by molar-refractivity contribution is 7.21. The third-order valence-corrected chi connectivity index (χ3v) is 8.60. The Labute approximate surface area is 231 Å². The minimum atomic E-state index is -1.41. The smallest absolute Gasteiger partial charge is 0.333 e. The van der Waals surface area contributed by atoms with Gasteiger partial charge in [0.25, 0.3) is 5.56 Å². The maximum Gasteiger partial charge on any atom is 0.333 e. The van der Waals surface area contributed by atoms with Gasteiger partial charge in [-0.1, -0.05) is 11.3 Å². The molecule has 2 atom stereocenters. The molecule has 0 spiro atoms. The summed E-state index contributed by atoms with van der Waals surface area (Å²) in [4.78, 5) is 44.7. The van der Waals surface area contributed by atoms with Crippen LogP contribution in [0.5, 0.6) is 5.75 Å². The first-order valence-corrected chi connectivity index (χ1v) is 13.4. The molecule has 4 aromatic rings. The Morgan fingerprint density at radius 2 is 1.95 bits per heavy atom. The van der Waals surface area contributed by atoms with Gasteiger partial charge < -0.3 is 19.5 Å². The summed E-state index contributed by atoms with van der Waals surface area (Å²) in [5.74, 6) is -0.563. The van der Waals surface area contributed by atoms with E-state index in [9.17, 15) is 23.9 Å². The second-order valence-electron chi connectivity index (χ2n) is 9.78. The van der Waals surface area contributed by atoms with E-state index in [0.29, 0.717) is 33.3 Å². The van der Waals surface area contributed by atoms with Crippen LogP contribution in [-0.2, 0) is 21.6 Å². The average molecular weight is 573 g/mol. The highest BCUT2D eigenvalue weighted by Gasteiger charge is 2.46. The lowest BCUT2D eigenvalue weighted by Crippen LogP contribution is -2.53.